The largest absolute Gasteiger partial charge is 0.494 e. The number of aliphatic hydroxyl groups is 1. The SMILES string of the molecule is CCOc1ccc(S(=O)(=O)N2CCN(C[C@H](O)C3CC3)CC2)cc1. The first-order valence-electron chi connectivity index (χ1n) is 8.64. The maximum absolute atomic E-state index is 12.7. The molecule has 1 saturated heterocycles. The Morgan fingerprint density at radius 2 is 1.79 bits per heavy atom. The van der Waals surface area contributed by atoms with Crippen molar-refractivity contribution in [3.05, 3.63) is 24.3 Å². The minimum Gasteiger partial charge on any atom is -0.494 e. The van der Waals surface area contributed by atoms with Crippen molar-refractivity contribution in [1.82, 2.24) is 9.21 Å². The van der Waals surface area contributed by atoms with E-state index in [0.29, 0.717) is 55.9 Å². The third-order valence-corrected chi connectivity index (χ3v) is 6.63. The molecule has 0 spiro atoms. The Morgan fingerprint density at radius 3 is 2.33 bits per heavy atom. The number of β-amino-alcohol motifs (C(OH)–C–C–N with tert-alkyl or cyclic N) is 1. The number of benzene rings is 1. The number of sulfonamides is 1. The molecule has 24 heavy (non-hydrogen) atoms. The first kappa shape index (κ1) is 17.7. The smallest absolute Gasteiger partial charge is 0.243 e. The summed E-state index contributed by atoms with van der Waals surface area (Å²) in [6, 6.07) is 6.59. The highest BCUT2D eigenvalue weighted by molar-refractivity contribution is 7.89. The number of rotatable bonds is 7. The monoisotopic (exact) mass is 354 g/mol. The van der Waals surface area contributed by atoms with Crippen molar-refractivity contribution < 1.29 is 18.3 Å². The van der Waals surface area contributed by atoms with Crippen molar-refractivity contribution in [2.24, 2.45) is 5.92 Å². The van der Waals surface area contributed by atoms with Crippen molar-refractivity contribution in [3.63, 3.8) is 0 Å². The molecule has 0 unspecified atom stereocenters. The van der Waals surface area contributed by atoms with Crippen molar-refractivity contribution in [3.8, 4) is 5.75 Å². The highest BCUT2D eigenvalue weighted by atomic mass is 32.2. The van der Waals surface area contributed by atoms with Gasteiger partial charge in [-0.25, -0.2) is 8.42 Å². The molecule has 1 atom stereocenters. The lowest BCUT2D eigenvalue weighted by atomic mass is 10.2. The zero-order valence-electron chi connectivity index (χ0n) is 14.1. The highest BCUT2D eigenvalue weighted by Crippen LogP contribution is 2.33. The maximum atomic E-state index is 12.7. The Hall–Kier alpha value is -1.15. The number of hydrogen-bond acceptors (Lipinski definition) is 5. The number of ether oxygens (including phenoxy) is 1. The Morgan fingerprint density at radius 1 is 1.17 bits per heavy atom. The molecule has 1 saturated carbocycles. The molecule has 1 aromatic rings. The van der Waals surface area contributed by atoms with Crippen molar-refractivity contribution in [2.45, 2.75) is 30.8 Å². The highest BCUT2D eigenvalue weighted by Gasteiger charge is 2.33. The number of hydrogen-bond donors (Lipinski definition) is 1. The summed E-state index contributed by atoms with van der Waals surface area (Å²) in [5.74, 6) is 1.13. The van der Waals surface area contributed by atoms with E-state index in [1.54, 1.807) is 24.3 Å². The maximum Gasteiger partial charge on any atom is 0.243 e. The molecular weight excluding hydrogens is 328 g/mol. The van der Waals surface area contributed by atoms with Crippen LogP contribution >= 0.6 is 0 Å². The molecule has 134 valence electrons. The van der Waals surface area contributed by atoms with Gasteiger partial charge < -0.3 is 9.84 Å². The van der Waals surface area contributed by atoms with Crippen LogP contribution in [0.15, 0.2) is 29.2 Å². The molecule has 0 amide bonds. The fraction of sp³-hybridized carbons (Fsp3) is 0.647. The fourth-order valence-corrected chi connectivity index (χ4v) is 4.49. The van der Waals surface area contributed by atoms with Crippen LogP contribution in [0.2, 0.25) is 0 Å². The summed E-state index contributed by atoms with van der Waals surface area (Å²) in [6.07, 6.45) is 1.97. The van der Waals surface area contributed by atoms with Gasteiger partial charge in [0, 0.05) is 32.7 Å². The van der Waals surface area contributed by atoms with E-state index in [4.69, 9.17) is 4.74 Å². The lowest BCUT2D eigenvalue weighted by Gasteiger charge is -2.35. The Kier molecular flexibility index (Phi) is 5.44. The van der Waals surface area contributed by atoms with E-state index in [-0.39, 0.29) is 6.10 Å². The normalized spacial score (nSPS) is 21.6. The first-order chi connectivity index (χ1) is 11.5. The lowest BCUT2D eigenvalue weighted by molar-refractivity contribution is 0.0782. The molecule has 3 rings (SSSR count). The van der Waals surface area contributed by atoms with Crippen LogP contribution in [0.3, 0.4) is 0 Å². The molecule has 0 bridgehead atoms. The van der Waals surface area contributed by atoms with Gasteiger partial charge in [-0.3, -0.25) is 4.90 Å². The third-order valence-electron chi connectivity index (χ3n) is 4.72. The van der Waals surface area contributed by atoms with Crippen LogP contribution in [-0.2, 0) is 10.0 Å². The molecule has 1 aliphatic carbocycles. The van der Waals surface area contributed by atoms with Gasteiger partial charge in [0.25, 0.3) is 0 Å². The van der Waals surface area contributed by atoms with Gasteiger partial charge in [0.15, 0.2) is 0 Å². The van der Waals surface area contributed by atoms with E-state index >= 15 is 0 Å². The molecule has 2 fully saturated rings. The van der Waals surface area contributed by atoms with Gasteiger partial charge >= 0.3 is 0 Å². The van der Waals surface area contributed by atoms with Crippen LogP contribution in [-0.4, -0.2) is 68.2 Å². The number of nitrogens with zero attached hydrogens (tertiary/aromatic N) is 2. The molecule has 7 heteroatoms. The van der Waals surface area contributed by atoms with Gasteiger partial charge in [0.2, 0.25) is 10.0 Å². The van der Waals surface area contributed by atoms with E-state index in [0.717, 1.165) is 12.8 Å². The second-order valence-electron chi connectivity index (χ2n) is 6.51. The first-order valence-corrected chi connectivity index (χ1v) is 10.1. The van der Waals surface area contributed by atoms with Gasteiger partial charge in [-0.05, 0) is 49.9 Å². The van der Waals surface area contributed by atoms with Gasteiger partial charge in [-0.15, -0.1) is 0 Å². The summed E-state index contributed by atoms with van der Waals surface area (Å²) in [5, 5.41) is 10.0. The second kappa shape index (κ2) is 7.39. The van der Waals surface area contributed by atoms with Crippen LogP contribution in [0.1, 0.15) is 19.8 Å². The molecule has 0 aromatic heterocycles. The Labute approximate surface area is 144 Å². The second-order valence-corrected chi connectivity index (χ2v) is 8.45. The molecule has 2 aliphatic rings. The molecule has 1 heterocycles. The van der Waals surface area contributed by atoms with Gasteiger partial charge in [0.1, 0.15) is 5.75 Å². The van der Waals surface area contributed by atoms with Crippen molar-refractivity contribution in [1.29, 1.82) is 0 Å². The zero-order chi connectivity index (χ0) is 17.2. The lowest BCUT2D eigenvalue weighted by Crippen LogP contribution is -2.50. The third kappa shape index (κ3) is 4.08. The van der Waals surface area contributed by atoms with Crippen LogP contribution in [0.5, 0.6) is 5.75 Å². The topological polar surface area (TPSA) is 70.1 Å². The summed E-state index contributed by atoms with van der Waals surface area (Å²) >= 11 is 0. The Bertz CT molecular complexity index is 635. The van der Waals surface area contributed by atoms with Gasteiger partial charge in [-0.2, -0.15) is 4.31 Å². The molecule has 1 N–H and O–H groups in total. The standard InChI is InChI=1S/C17H26N2O4S/c1-2-23-15-5-7-16(8-6-15)24(21,22)19-11-9-18(10-12-19)13-17(20)14-3-4-14/h5-8,14,17,20H,2-4,9-13H2,1H3/t17-/m0/s1. The molecule has 6 nitrogen and oxygen atoms in total. The summed E-state index contributed by atoms with van der Waals surface area (Å²) in [4.78, 5) is 2.46. The summed E-state index contributed by atoms with van der Waals surface area (Å²) in [5.41, 5.74) is 0. The van der Waals surface area contributed by atoms with E-state index in [9.17, 15) is 13.5 Å². The molecular formula is C17H26N2O4S. The van der Waals surface area contributed by atoms with Crippen molar-refractivity contribution >= 4 is 10.0 Å². The fourth-order valence-electron chi connectivity index (χ4n) is 3.07. The van der Waals surface area contributed by atoms with Gasteiger partial charge in [-0.1, -0.05) is 0 Å². The van der Waals surface area contributed by atoms with Crippen LogP contribution < -0.4 is 4.74 Å². The minimum absolute atomic E-state index is 0.265. The summed E-state index contributed by atoms with van der Waals surface area (Å²) in [6.45, 7) is 5.37. The summed E-state index contributed by atoms with van der Waals surface area (Å²) < 4.78 is 32.3. The van der Waals surface area contributed by atoms with E-state index in [1.165, 1.54) is 4.31 Å². The predicted octanol–water partition coefficient (Wildman–Crippen LogP) is 1.16. The molecule has 1 aliphatic heterocycles. The molecule has 0 radical (unpaired) electrons. The minimum atomic E-state index is -3.46. The van der Waals surface area contributed by atoms with E-state index in [1.807, 2.05) is 6.92 Å². The molecule has 1 aromatic carbocycles. The zero-order valence-corrected chi connectivity index (χ0v) is 14.9. The van der Waals surface area contributed by atoms with Crippen LogP contribution in [0.25, 0.3) is 0 Å². The average molecular weight is 354 g/mol. The van der Waals surface area contributed by atoms with E-state index < -0.39 is 10.0 Å². The summed E-state index contributed by atoms with van der Waals surface area (Å²) in [7, 11) is -3.46. The number of piperazine rings is 1. The van der Waals surface area contributed by atoms with Crippen LogP contribution in [0, 0.1) is 5.92 Å². The van der Waals surface area contributed by atoms with Gasteiger partial charge in [0.05, 0.1) is 17.6 Å². The predicted molar refractivity (Wildman–Crippen MR) is 91.5 cm³/mol. The van der Waals surface area contributed by atoms with Crippen LogP contribution in [0.4, 0.5) is 0 Å². The quantitative estimate of drug-likeness (QED) is 0.796. The average Bonchev–Trinajstić information content (AvgIpc) is 3.41. The number of aliphatic hydroxyl groups excluding tert-OH is 1. The van der Waals surface area contributed by atoms with Crippen molar-refractivity contribution in [2.75, 3.05) is 39.3 Å². The van der Waals surface area contributed by atoms with E-state index in [2.05, 4.69) is 4.90 Å². The Balaban J connectivity index is 1.57.